The van der Waals surface area contributed by atoms with Crippen LogP contribution in [0.5, 0.6) is 0 Å². The van der Waals surface area contributed by atoms with E-state index in [-0.39, 0.29) is 48.5 Å². The summed E-state index contributed by atoms with van der Waals surface area (Å²) in [6, 6.07) is 2.66. The highest BCUT2D eigenvalue weighted by molar-refractivity contribution is 5.98. The standard InChI is InChI=1S/C24H37F3N4O3/c1-22(2,3)14-30(15-23(4,5)6)19(12-28)21(33)29-18-8-7-16(11-17(18)24(25,26)27)31-9-10-34-13-20(31)32/h7-8,11,19H,9-10,12-15,28H2,1-6H3,(H,29,33)/t19-/m0/s1. The Morgan fingerprint density at radius 2 is 1.74 bits per heavy atom. The topological polar surface area (TPSA) is 87.9 Å². The van der Waals surface area contributed by atoms with Crippen LogP contribution in [-0.4, -0.2) is 62.1 Å². The minimum atomic E-state index is -4.73. The zero-order chi connectivity index (χ0) is 25.9. The Kier molecular flexibility index (Phi) is 8.77. The molecule has 2 rings (SSSR count). The Morgan fingerprint density at radius 3 is 2.21 bits per heavy atom. The first-order chi connectivity index (χ1) is 15.5. The van der Waals surface area contributed by atoms with Gasteiger partial charge in [-0.15, -0.1) is 0 Å². The summed E-state index contributed by atoms with van der Waals surface area (Å²) in [5.74, 6) is -1.02. The van der Waals surface area contributed by atoms with Gasteiger partial charge in [0.2, 0.25) is 5.91 Å². The Labute approximate surface area is 199 Å². The van der Waals surface area contributed by atoms with Gasteiger partial charge in [0, 0.05) is 31.9 Å². The van der Waals surface area contributed by atoms with Gasteiger partial charge in [0.1, 0.15) is 12.6 Å². The summed E-state index contributed by atoms with van der Waals surface area (Å²) >= 11 is 0. The van der Waals surface area contributed by atoms with Gasteiger partial charge in [-0.1, -0.05) is 41.5 Å². The van der Waals surface area contributed by atoms with Gasteiger partial charge in [-0.2, -0.15) is 13.2 Å². The first kappa shape index (κ1) is 28.1. The van der Waals surface area contributed by atoms with Crippen LogP contribution in [-0.2, 0) is 20.5 Å². The molecule has 1 aliphatic heterocycles. The molecule has 7 nitrogen and oxygen atoms in total. The molecule has 10 heteroatoms. The number of rotatable bonds is 7. The molecule has 0 spiro atoms. The molecule has 0 radical (unpaired) electrons. The van der Waals surface area contributed by atoms with Crippen LogP contribution in [0.1, 0.15) is 47.1 Å². The average molecular weight is 487 g/mol. The number of anilines is 2. The monoisotopic (exact) mass is 486 g/mol. The largest absolute Gasteiger partial charge is 0.418 e. The second kappa shape index (κ2) is 10.6. The van der Waals surface area contributed by atoms with Crippen LogP contribution < -0.4 is 16.0 Å². The first-order valence-corrected chi connectivity index (χ1v) is 11.4. The normalized spacial score (nSPS) is 16.7. The zero-order valence-electron chi connectivity index (χ0n) is 20.9. The molecule has 1 fully saturated rings. The van der Waals surface area contributed by atoms with Crippen molar-refractivity contribution in [3.05, 3.63) is 23.8 Å². The molecule has 192 valence electrons. The molecule has 1 atom stereocenters. The van der Waals surface area contributed by atoms with Gasteiger partial charge in [-0.25, -0.2) is 0 Å². The van der Waals surface area contributed by atoms with Crippen LogP contribution in [0.4, 0.5) is 24.5 Å². The third-order valence-electron chi connectivity index (χ3n) is 5.19. The van der Waals surface area contributed by atoms with Gasteiger partial charge in [0.25, 0.3) is 5.91 Å². The van der Waals surface area contributed by atoms with Crippen molar-refractivity contribution < 1.29 is 27.5 Å². The number of nitrogens with one attached hydrogen (secondary N) is 1. The summed E-state index contributed by atoms with van der Waals surface area (Å²) in [6.45, 7) is 13.4. The number of nitrogens with two attached hydrogens (primary N) is 1. The summed E-state index contributed by atoms with van der Waals surface area (Å²) in [5, 5.41) is 2.45. The third kappa shape index (κ3) is 7.95. The number of morpholine rings is 1. The van der Waals surface area contributed by atoms with E-state index in [2.05, 4.69) is 5.32 Å². The lowest BCUT2D eigenvalue weighted by Crippen LogP contribution is -2.53. The SMILES string of the molecule is CC(C)(C)CN(CC(C)(C)C)[C@@H](CN)C(=O)Nc1ccc(N2CCOCC2=O)cc1C(F)(F)F. The van der Waals surface area contributed by atoms with Gasteiger partial charge in [0.05, 0.1) is 17.9 Å². The maximum Gasteiger partial charge on any atom is 0.418 e. The van der Waals surface area contributed by atoms with Crippen molar-refractivity contribution in [2.75, 3.05) is 49.6 Å². The highest BCUT2D eigenvalue weighted by atomic mass is 19.4. The maximum atomic E-state index is 13.9. The summed E-state index contributed by atoms with van der Waals surface area (Å²) in [5.41, 5.74) is 4.36. The van der Waals surface area contributed by atoms with Crippen LogP contribution in [0.15, 0.2) is 18.2 Å². The molecule has 0 aromatic heterocycles. The molecule has 1 aromatic carbocycles. The molecule has 34 heavy (non-hydrogen) atoms. The minimum absolute atomic E-state index is 0.0420. The zero-order valence-corrected chi connectivity index (χ0v) is 20.9. The Hall–Kier alpha value is -2.17. The summed E-state index contributed by atoms with van der Waals surface area (Å²) in [4.78, 5) is 28.5. The lowest BCUT2D eigenvalue weighted by atomic mass is 9.91. The van der Waals surface area contributed by atoms with Crippen LogP contribution in [0, 0.1) is 10.8 Å². The number of carbonyl (C=O) groups excluding carboxylic acids is 2. The average Bonchev–Trinajstić information content (AvgIpc) is 2.66. The van der Waals surface area contributed by atoms with Gasteiger partial charge >= 0.3 is 6.18 Å². The molecule has 0 bridgehead atoms. The van der Waals surface area contributed by atoms with E-state index < -0.39 is 29.6 Å². The van der Waals surface area contributed by atoms with E-state index >= 15 is 0 Å². The van der Waals surface area contributed by atoms with Crippen molar-refractivity contribution in [1.29, 1.82) is 0 Å². The number of nitrogens with zero attached hydrogens (tertiary/aromatic N) is 2. The number of carbonyl (C=O) groups is 2. The van der Waals surface area contributed by atoms with Crippen molar-refractivity contribution in [2.24, 2.45) is 16.6 Å². The van der Waals surface area contributed by atoms with Gasteiger partial charge in [0.15, 0.2) is 0 Å². The fourth-order valence-corrected chi connectivity index (χ4v) is 3.97. The van der Waals surface area contributed by atoms with E-state index in [1.54, 1.807) is 0 Å². The van der Waals surface area contributed by atoms with Gasteiger partial charge < -0.3 is 20.7 Å². The Morgan fingerprint density at radius 1 is 1.15 bits per heavy atom. The summed E-state index contributed by atoms with van der Waals surface area (Å²) in [7, 11) is 0. The number of halogens is 3. The molecule has 0 aliphatic carbocycles. The molecule has 2 amide bonds. The molecule has 1 aromatic rings. The summed E-state index contributed by atoms with van der Waals surface area (Å²) < 4.78 is 46.8. The fourth-order valence-electron chi connectivity index (χ4n) is 3.97. The van der Waals surface area contributed by atoms with Crippen LogP contribution in [0.2, 0.25) is 0 Å². The van der Waals surface area contributed by atoms with E-state index in [1.165, 1.54) is 17.0 Å². The molecular formula is C24H37F3N4O3. The number of hydrogen-bond acceptors (Lipinski definition) is 5. The van der Waals surface area contributed by atoms with Crippen LogP contribution in [0.3, 0.4) is 0 Å². The van der Waals surface area contributed by atoms with Crippen LogP contribution >= 0.6 is 0 Å². The van der Waals surface area contributed by atoms with Crippen molar-refractivity contribution in [2.45, 2.75) is 53.8 Å². The molecule has 1 heterocycles. The minimum Gasteiger partial charge on any atom is -0.370 e. The lowest BCUT2D eigenvalue weighted by molar-refractivity contribution is -0.137. The number of hydrogen-bond donors (Lipinski definition) is 2. The number of alkyl halides is 3. The van der Waals surface area contributed by atoms with E-state index in [1.807, 2.05) is 46.4 Å². The Balaban J connectivity index is 2.36. The van der Waals surface area contributed by atoms with Crippen molar-refractivity contribution in [3.8, 4) is 0 Å². The predicted octanol–water partition coefficient (Wildman–Crippen LogP) is 3.73. The van der Waals surface area contributed by atoms with E-state index in [0.717, 1.165) is 6.07 Å². The number of amides is 2. The quantitative estimate of drug-likeness (QED) is 0.613. The maximum absolute atomic E-state index is 13.9. The lowest BCUT2D eigenvalue weighted by Gasteiger charge is -2.39. The van der Waals surface area contributed by atoms with Crippen molar-refractivity contribution in [3.63, 3.8) is 0 Å². The number of benzene rings is 1. The van der Waals surface area contributed by atoms with Gasteiger partial charge in [-0.3, -0.25) is 14.5 Å². The molecule has 1 saturated heterocycles. The van der Waals surface area contributed by atoms with E-state index in [0.29, 0.717) is 13.1 Å². The highest BCUT2D eigenvalue weighted by Crippen LogP contribution is 2.38. The fraction of sp³-hybridized carbons (Fsp3) is 0.667. The smallest absolute Gasteiger partial charge is 0.370 e. The highest BCUT2D eigenvalue weighted by Gasteiger charge is 2.37. The third-order valence-corrected chi connectivity index (χ3v) is 5.19. The number of ether oxygens (including phenoxy) is 1. The second-order valence-electron chi connectivity index (χ2n) is 11.1. The van der Waals surface area contributed by atoms with Crippen LogP contribution in [0.25, 0.3) is 0 Å². The molecule has 3 N–H and O–H groups in total. The van der Waals surface area contributed by atoms with Crippen molar-refractivity contribution in [1.82, 2.24) is 4.90 Å². The second-order valence-corrected chi connectivity index (χ2v) is 11.1. The Bertz CT molecular complexity index is 860. The molecular weight excluding hydrogens is 449 g/mol. The molecule has 0 unspecified atom stereocenters. The van der Waals surface area contributed by atoms with Crippen molar-refractivity contribution >= 4 is 23.2 Å². The first-order valence-electron chi connectivity index (χ1n) is 11.4. The van der Waals surface area contributed by atoms with E-state index in [4.69, 9.17) is 10.5 Å². The molecule has 0 saturated carbocycles. The van der Waals surface area contributed by atoms with Gasteiger partial charge in [-0.05, 0) is 29.0 Å². The predicted molar refractivity (Wildman–Crippen MR) is 127 cm³/mol. The van der Waals surface area contributed by atoms with E-state index in [9.17, 15) is 22.8 Å². The summed E-state index contributed by atoms with van der Waals surface area (Å²) in [6.07, 6.45) is -4.73. The molecule has 1 aliphatic rings.